The van der Waals surface area contributed by atoms with Gasteiger partial charge in [-0.05, 0) is 25.2 Å². The molecular weight excluding hydrogens is 350 g/mol. The molecule has 1 unspecified atom stereocenters. The van der Waals surface area contributed by atoms with Gasteiger partial charge in [-0.25, -0.2) is 0 Å². The van der Waals surface area contributed by atoms with E-state index < -0.39 is 0 Å². The topological polar surface area (TPSA) is 35.6 Å². The van der Waals surface area contributed by atoms with E-state index >= 15 is 0 Å². The first-order chi connectivity index (χ1) is 11.1. The van der Waals surface area contributed by atoms with Crippen molar-refractivity contribution in [2.75, 3.05) is 60.7 Å². The fraction of sp³-hybridized carbons (Fsp3) is 0.562. The van der Waals surface area contributed by atoms with Crippen molar-refractivity contribution in [3.05, 3.63) is 23.2 Å². The van der Waals surface area contributed by atoms with Crippen molar-refractivity contribution in [1.29, 1.82) is 0 Å². The largest absolute Gasteiger partial charge is 0.367 e. The summed E-state index contributed by atoms with van der Waals surface area (Å²) in [4.78, 5) is 17.2. The number of carbonyl (C=O) groups excluding carboxylic acids is 1. The maximum atomic E-state index is 12.6. The molecule has 0 aliphatic carbocycles. The Bertz CT molecular complexity index is 558. The maximum Gasteiger partial charge on any atom is 0.238 e. The van der Waals surface area contributed by atoms with Gasteiger partial charge in [-0.1, -0.05) is 11.6 Å². The summed E-state index contributed by atoms with van der Waals surface area (Å²) in [6.45, 7) is 4.00. The molecule has 2 aliphatic heterocycles. The number of halogens is 1. The molecule has 126 valence electrons. The maximum absolute atomic E-state index is 12.6. The van der Waals surface area contributed by atoms with E-state index in [9.17, 15) is 4.79 Å². The van der Waals surface area contributed by atoms with Crippen molar-refractivity contribution < 1.29 is 4.79 Å². The van der Waals surface area contributed by atoms with E-state index in [0.717, 1.165) is 54.8 Å². The Labute approximate surface area is 151 Å². The Morgan fingerprint density at radius 3 is 2.74 bits per heavy atom. The number of piperazine rings is 1. The highest BCUT2D eigenvalue weighted by molar-refractivity contribution is 8.07. The van der Waals surface area contributed by atoms with Crippen molar-refractivity contribution in [1.82, 2.24) is 4.90 Å². The average Bonchev–Trinajstić information content (AvgIpc) is 2.57. The lowest BCUT2D eigenvalue weighted by molar-refractivity contribution is -0.115. The SMILES string of the molecule is CN1CCN(c2ccc(Cl)cc2NC(=O)C2CSCCS2)CC1. The van der Waals surface area contributed by atoms with Crippen LogP contribution in [0.3, 0.4) is 0 Å². The van der Waals surface area contributed by atoms with E-state index in [1.54, 1.807) is 11.8 Å². The van der Waals surface area contributed by atoms with Crippen LogP contribution in [0.2, 0.25) is 5.02 Å². The highest BCUT2D eigenvalue weighted by Crippen LogP contribution is 2.32. The van der Waals surface area contributed by atoms with E-state index in [1.165, 1.54) is 0 Å². The zero-order chi connectivity index (χ0) is 16.2. The summed E-state index contributed by atoms with van der Waals surface area (Å²) in [6.07, 6.45) is 0. The standard InChI is InChI=1S/C16H22ClN3OS2/c1-19-4-6-20(7-5-19)14-3-2-12(17)10-13(14)18-16(21)15-11-22-8-9-23-15/h2-3,10,15H,4-9,11H2,1H3,(H,18,21). The van der Waals surface area contributed by atoms with E-state index in [2.05, 4.69) is 22.2 Å². The lowest BCUT2D eigenvalue weighted by atomic mass is 10.2. The molecule has 0 saturated carbocycles. The second kappa shape index (κ2) is 8.01. The third-order valence-electron chi connectivity index (χ3n) is 4.17. The van der Waals surface area contributed by atoms with Crippen molar-refractivity contribution >= 4 is 52.4 Å². The van der Waals surface area contributed by atoms with Gasteiger partial charge in [-0.3, -0.25) is 4.79 Å². The van der Waals surface area contributed by atoms with Crippen LogP contribution in [0.1, 0.15) is 0 Å². The van der Waals surface area contributed by atoms with Gasteiger partial charge >= 0.3 is 0 Å². The van der Waals surface area contributed by atoms with Gasteiger partial charge in [0, 0.05) is 48.5 Å². The number of nitrogens with one attached hydrogen (secondary N) is 1. The van der Waals surface area contributed by atoms with Gasteiger partial charge in [0.15, 0.2) is 0 Å². The van der Waals surface area contributed by atoms with Gasteiger partial charge in [-0.2, -0.15) is 11.8 Å². The van der Waals surface area contributed by atoms with Crippen LogP contribution in [-0.2, 0) is 4.79 Å². The number of likely N-dealkylation sites (N-methyl/N-ethyl adjacent to an activating group) is 1. The van der Waals surface area contributed by atoms with E-state index in [-0.39, 0.29) is 11.2 Å². The quantitative estimate of drug-likeness (QED) is 0.883. The average molecular weight is 372 g/mol. The van der Waals surface area contributed by atoms with Gasteiger partial charge < -0.3 is 15.1 Å². The zero-order valence-electron chi connectivity index (χ0n) is 13.3. The number of anilines is 2. The fourth-order valence-electron chi connectivity index (χ4n) is 2.78. The molecule has 23 heavy (non-hydrogen) atoms. The van der Waals surface area contributed by atoms with Crippen LogP contribution in [0, 0.1) is 0 Å². The molecule has 4 nitrogen and oxygen atoms in total. The molecule has 0 radical (unpaired) electrons. The zero-order valence-corrected chi connectivity index (χ0v) is 15.6. The van der Waals surface area contributed by atoms with E-state index in [1.807, 2.05) is 30.0 Å². The molecule has 1 amide bonds. The van der Waals surface area contributed by atoms with Gasteiger partial charge in [0.2, 0.25) is 5.91 Å². The number of carbonyl (C=O) groups is 1. The second-order valence-corrected chi connectivity index (χ2v) is 8.77. The minimum atomic E-state index is 0.0353. The highest BCUT2D eigenvalue weighted by Gasteiger charge is 2.24. The molecule has 2 heterocycles. The van der Waals surface area contributed by atoms with Crippen LogP contribution in [0.4, 0.5) is 11.4 Å². The number of amides is 1. The van der Waals surface area contributed by atoms with Gasteiger partial charge in [0.1, 0.15) is 0 Å². The molecule has 0 spiro atoms. The number of rotatable bonds is 3. The number of thioether (sulfide) groups is 2. The number of hydrogen-bond acceptors (Lipinski definition) is 5. The molecule has 2 fully saturated rings. The van der Waals surface area contributed by atoms with Gasteiger partial charge in [0.25, 0.3) is 0 Å². The Kier molecular flexibility index (Phi) is 6.01. The smallest absolute Gasteiger partial charge is 0.238 e. The Hall–Kier alpha value is -0.560. The Morgan fingerprint density at radius 2 is 2.04 bits per heavy atom. The first kappa shape index (κ1) is 17.3. The lowest BCUT2D eigenvalue weighted by Gasteiger charge is -2.35. The van der Waals surface area contributed by atoms with E-state index in [0.29, 0.717) is 5.02 Å². The van der Waals surface area contributed by atoms with Gasteiger partial charge in [0.05, 0.1) is 16.6 Å². The van der Waals surface area contributed by atoms with Gasteiger partial charge in [-0.15, -0.1) is 11.8 Å². The molecule has 1 aromatic rings. The van der Waals surface area contributed by atoms with Crippen LogP contribution in [0.25, 0.3) is 0 Å². The number of nitrogens with zero attached hydrogens (tertiary/aromatic N) is 2. The van der Waals surface area contributed by atoms with Crippen molar-refractivity contribution in [2.45, 2.75) is 5.25 Å². The van der Waals surface area contributed by atoms with Crippen LogP contribution < -0.4 is 10.2 Å². The molecule has 1 aromatic carbocycles. The highest BCUT2D eigenvalue weighted by atomic mass is 35.5. The molecule has 1 N–H and O–H groups in total. The van der Waals surface area contributed by atoms with Crippen molar-refractivity contribution in [2.24, 2.45) is 0 Å². The normalized spacial score (nSPS) is 22.9. The Morgan fingerprint density at radius 1 is 1.26 bits per heavy atom. The molecule has 3 rings (SSSR count). The Balaban J connectivity index is 1.74. The third kappa shape index (κ3) is 4.50. The molecular formula is C16H22ClN3OS2. The van der Waals surface area contributed by atoms with Crippen LogP contribution >= 0.6 is 35.1 Å². The molecule has 1 atom stereocenters. The number of hydrogen-bond donors (Lipinski definition) is 1. The van der Waals surface area contributed by atoms with Crippen LogP contribution in [0.5, 0.6) is 0 Å². The van der Waals surface area contributed by atoms with E-state index in [4.69, 9.17) is 11.6 Å². The van der Waals surface area contributed by atoms with Crippen LogP contribution in [0.15, 0.2) is 18.2 Å². The predicted octanol–water partition coefficient (Wildman–Crippen LogP) is 2.88. The molecule has 0 aromatic heterocycles. The van der Waals surface area contributed by atoms with Crippen molar-refractivity contribution in [3.8, 4) is 0 Å². The first-order valence-electron chi connectivity index (χ1n) is 7.87. The summed E-state index contributed by atoms with van der Waals surface area (Å²) in [5.41, 5.74) is 1.91. The third-order valence-corrected chi connectivity index (χ3v) is 7.16. The minimum Gasteiger partial charge on any atom is -0.367 e. The first-order valence-corrected chi connectivity index (χ1v) is 10.4. The molecule has 7 heteroatoms. The summed E-state index contributed by atoms with van der Waals surface area (Å²) >= 11 is 9.77. The summed E-state index contributed by atoms with van der Waals surface area (Å²) in [5, 5.41) is 3.81. The monoisotopic (exact) mass is 371 g/mol. The summed E-state index contributed by atoms with van der Waals surface area (Å²) in [5.74, 6) is 3.17. The summed E-state index contributed by atoms with van der Waals surface area (Å²) in [6, 6.07) is 5.79. The lowest BCUT2D eigenvalue weighted by Crippen LogP contribution is -2.44. The molecule has 0 bridgehead atoms. The second-order valence-electron chi connectivity index (χ2n) is 5.88. The van der Waals surface area contributed by atoms with Crippen LogP contribution in [-0.4, -0.2) is 66.5 Å². The van der Waals surface area contributed by atoms with Crippen molar-refractivity contribution in [3.63, 3.8) is 0 Å². The minimum absolute atomic E-state index is 0.0353. The summed E-state index contributed by atoms with van der Waals surface area (Å²) < 4.78 is 0. The number of benzene rings is 1. The predicted molar refractivity (Wildman–Crippen MR) is 103 cm³/mol. The molecule has 2 aliphatic rings. The fourth-order valence-corrected chi connectivity index (χ4v) is 5.51. The summed E-state index contributed by atoms with van der Waals surface area (Å²) in [7, 11) is 2.14. The molecule has 2 saturated heterocycles.